The van der Waals surface area contributed by atoms with Crippen LogP contribution in [0.15, 0.2) is 47.3 Å². The lowest BCUT2D eigenvalue weighted by atomic mass is 10.1. The van der Waals surface area contributed by atoms with Gasteiger partial charge in [0.1, 0.15) is 17.2 Å². The van der Waals surface area contributed by atoms with Crippen molar-refractivity contribution in [3.05, 3.63) is 58.6 Å². The van der Waals surface area contributed by atoms with Crippen LogP contribution in [-0.4, -0.2) is 15.0 Å². The van der Waals surface area contributed by atoms with Gasteiger partial charge in [0.2, 0.25) is 0 Å². The lowest BCUT2D eigenvalue weighted by Gasteiger charge is -2.06. The molecule has 0 amide bonds. The van der Waals surface area contributed by atoms with Gasteiger partial charge in [-0.15, -0.1) is 0 Å². The highest BCUT2D eigenvalue weighted by Crippen LogP contribution is 2.28. The zero-order valence-corrected chi connectivity index (χ0v) is 11.4. The molecule has 0 bridgehead atoms. The molecule has 0 fully saturated rings. The molecule has 0 unspecified atom stereocenters. The molecular formula is C16H11FN4O. The summed E-state index contributed by atoms with van der Waals surface area (Å²) < 4.78 is 13.4. The number of nitrogen functional groups attached to an aromatic ring is 1. The van der Waals surface area contributed by atoms with E-state index >= 15 is 0 Å². The molecule has 0 atom stereocenters. The molecule has 0 aliphatic rings. The fourth-order valence-corrected chi connectivity index (χ4v) is 2.60. The van der Waals surface area contributed by atoms with Gasteiger partial charge < -0.3 is 15.7 Å². The van der Waals surface area contributed by atoms with Crippen LogP contribution in [-0.2, 0) is 0 Å². The number of rotatable bonds is 1. The largest absolute Gasteiger partial charge is 0.397 e. The number of nitrogens with two attached hydrogens (primary N) is 1. The van der Waals surface area contributed by atoms with E-state index in [1.165, 1.54) is 18.2 Å². The SMILES string of the molecule is Nc1c(-c2nc3ccccc3[nH]2)c(=O)[nH]c2ccc(F)cc12. The fourth-order valence-electron chi connectivity index (χ4n) is 2.60. The molecule has 108 valence electrons. The van der Waals surface area contributed by atoms with Crippen molar-refractivity contribution in [2.75, 3.05) is 5.73 Å². The number of pyridine rings is 1. The van der Waals surface area contributed by atoms with E-state index in [-0.39, 0.29) is 16.8 Å². The summed E-state index contributed by atoms with van der Waals surface area (Å²) in [6, 6.07) is 11.5. The Labute approximate surface area is 123 Å². The topological polar surface area (TPSA) is 87.6 Å². The van der Waals surface area contributed by atoms with E-state index in [0.717, 1.165) is 11.0 Å². The number of H-pyrrole nitrogens is 2. The Balaban J connectivity index is 2.07. The molecule has 0 saturated heterocycles. The van der Waals surface area contributed by atoms with Crippen LogP contribution in [0.5, 0.6) is 0 Å². The molecule has 2 aromatic carbocycles. The Morgan fingerprint density at radius 2 is 1.86 bits per heavy atom. The second kappa shape index (κ2) is 4.42. The fraction of sp³-hybridized carbons (Fsp3) is 0. The van der Waals surface area contributed by atoms with Crippen molar-refractivity contribution in [3.8, 4) is 11.4 Å². The number of fused-ring (bicyclic) bond motifs is 2. The molecule has 2 aromatic heterocycles. The molecule has 4 N–H and O–H groups in total. The number of para-hydroxylation sites is 2. The lowest BCUT2D eigenvalue weighted by molar-refractivity contribution is 0.629. The summed E-state index contributed by atoms with van der Waals surface area (Å²) in [6.45, 7) is 0. The molecular weight excluding hydrogens is 283 g/mol. The number of aromatic amines is 2. The van der Waals surface area contributed by atoms with Gasteiger partial charge in [-0.05, 0) is 30.3 Å². The molecule has 4 rings (SSSR count). The predicted octanol–water partition coefficient (Wildman–Crippen LogP) is 2.79. The van der Waals surface area contributed by atoms with Crippen molar-refractivity contribution in [2.24, 2.45) is 0 Å². The molecule has 2 heterocycles. The van der Waals surface area contributed by atoms with Crippen LogP contribution in [0.25, 0.3) is 33.3 Å². The van der Waals surface area contributed by atoms with Crippen molar-refractivity contribution in [3.63, 3.8) is 0 Å². The van der Waals surface area contributed by atoms with Crippen LogP contribution in [0.2, 0.25) is 0 Å². The van der Waals surface area contributed by atoms with Crippen LogP contribution in [0.3, 0.4) is 0 Å². The van der Waals surface area contributed by atoms with Crippen molar-refractivity contribution in [1.82, 2.24) is 15.0 Å². The first-order chi connectivity index (χ1) is 10.6. The molecule has 6 heteroatoms. The maximum Gasteiger partial charge on any atom is 0.261 e. The molecule has 0 radical (unpaired) electrons. The highest BCUT2D eigenvalue weighted by molar-refractivity contribution is 5.97. The number of halogens is 1. The molecule has 4 aromatic rings. The van der Waals surface area contributed by atoms with Crippen molar-refractivity contribution < 1.29 is 4.39 Å². The minimum atomic E-state index is -0.415. The first-order valence-electron chi connectivity index (χ1n) is 6.69. The number of nitrogens with one attached hydrogen (secondary N) is 2. The van der Waals surface area contributed by atoms with Crippen LogP contribution in [0.4, 0.5) is 10.1 Å². The summed E-state index contributed by atoms with van der Waals surface area (Å²) >= 11 is 0. The molecule has 0 aliphatic heterocycles. The normalized spacial score (nSPS) is 11.3. The minimum absolute atomic E-state index is 0.206. The lowest BCUT2D eigenvalue weighted by Crippen LogP contribution is -2.13. The van der Waals surface area contributed by atoms with Crippen LogP contribution in [0.1, 0.15) is 0 Å². The second-order valence-electron chi connectivity index (χ2n) is 5.04. The maximum absolute atomic E-state index is 13.4. The molecule has 0 aliphatic carbocycles. The second-order valence-corrected chi connectivity index (χ2v) is 5.04. The number of aromatic nitrogens is 3. The summed E-state index contributed by atoms with van der Waals surface area (Å²) in [7, 11) is 0. The average molecular weight is 294 g/mol. The van der Waals surface area contributed by atoms with Gasteiger partial charge in [-0.3, -0.25) is 4.79 Å². The highest BCUT2D eigenvalue weighted by atomic mass is 19.1. The predicted molar refractivity (Wildman–Crippen MR) is 84.0 cm³/mol. The van der Waals surface area contributed by atoms with Gasteiger partial charge in [0, 0.05) is 5.39 Å². The third kappa shape index (κ3) is 1.77. The molecule has 0 saturated carbocycles. The number of anilines is 1. The standard InChI is InChI=1S/C16H11FN4O/c17-8-5-6-10-9(7-8)14(18)13(16(22)21-10)15-19-11-3-1-2-4-12(11)20-15/h1-7H,(H,19,20)(H3,18,21,22). The van der Waals surface area contributed by atoms with E-state index < -0.39 is 5.82 Å². The van der Waals surface area contributed by atoms with Gasteiger partial charge in [0.05, 0.1) is 22.2 Å². The summed E-state index contributed by atoms with van der Waals surface area (Å²) in [5.74, 6) is -0.0482. The summed E-state index contributed by atoms with van der Waals surface area (Å²) in [6.07, 6.45) is 0. The summed E-state index contributed by atoms with van der Waals surface area (Å²) in [5.41, 5.74) is 8.18. The Bertz CT molecular complexity index is 1050. The number of imidazole rings is 1. The van der Waals surface area contributed by atoms with Gasteiger partial charge >= 0.3 is 0 Å². The van der Waals surface area contributed by atoms with Crippen LogP contribution < -0.4 is 11.3 Å². The van der Waals surface area contributed by atoms with Gasteiger partial charge in [-0.2, -0.15) is 0 Å². The summed E-state index contributed by atoms with van der Waals surface area (Å²) in [4.78, 5) is 22.5. The van der Waals surface area contributed by atoms with Gasteiger partial charge in [-0.1, -0.05) is 12.1 Å². The Kier molecular flexibility index (Phi) is 2.53. The third-order valence-electron chi connectivity index (χ3n) is 3.64. The monoisotopic (exact) mass is 294 g/mol. The Morgan fingerprint density at radius 3 is 2.68 bits per heavy atom. The van der Waals surface area contributed by atoms with Gasteiger partial charge in [-0.25, -0.2) is 9.37 Å². The zero-order chi connectivity index (χ0) is 15.3. The zero-order valence-electron chi connectivity index (χ0n) is 11.4. The average Bonchev–Trinajstić information content (AvgIpc) is 2.91. The Hall–Kier alpha value is -3.15. The molecule has 0 spiro atoms. The number of nitrogens with zero attached hydrogens (tertiary/aromatic N) is 1. The van der Waals surface area contributed by atoms with E-state index in [2.05, 4.69) is 15.0 Å². The first kappa shape index (κ1) is 12.6. The van der Waals surface area contributed by atoms with Crippen molar-refractivity contribution in [2.45, 2.75) is 0 Å². The number of hydrogen-bond donors (Lipinski definition) is 3. The smallest absolute Gasteiger partial charge is 0.261 e. The number of benzene rings is 2. The van der Waals surface area contributed by atoms with E-state index in [4.69, 9.17) is 5.73 Å². The molecule has 22 heavy (non-hydrogen) atoms. The van der Waals surface area contributed by atoms with E-state index in [1.807, 2.05) is 24.3 Å². The quantitative estimate of drug-likeness (QED) is 0.504. The third-order valence-corrected chi connectivity index (χ3v) is 3.64. The van der Waals surface area contributed by atoms with E-state index in [0.29, 0.717) is 16.7 Å². The maximum atomic E-state index is 13.4. The number of hydrogen-bond acceptors (Lipinski definition) is 3. The van der Waals surface area contributed by atoms with E-state index in [9.17, 15) is 9.18 Å². The van der Waals surface area contributed by atoms with Crippen LogP contribution >= 0.6 is 0 Å². The highest BCUT2D eigenvalue weighted by Gasteiger charge is 2.16. The van der Waals surface area contributed by atoms with Crippen molar-refractivity contribution in [1.29, 1.82) is 0 Å². The first-order valence-corrected chi connectivity index (χ1v) is 6.69. The van der Waals surface area contributed by atoms with Crippen molar-refractivity contribution >= 4 is 27.6 Å². The molecule has 5 nitrogen and oxygen atoms in total. The van der Waals surface area contributed by atoms with Crippen LogP contribution in [0, 0.1) is 5.82 Å². The Morgan fingerprint density at radius 1 is 1.05 bits per heavy atom. The van der Waals surface area contributed by atoms with E-state index in [1.54, 1.807) is 0 Å². The van der Waals surface area contributed by atoms with Gasteiger partial charge in [0.25, 0.3) is 5.56 Å². The van der Waals surface area contributed by atoms with Gasteiger partial charge in [0.15, 0.2) is 0 Å². The minimum Gasteiger partial charge on any atom is -0.397 e. The summed E-state index contributed by atoms with van der Waals surface area (Å²) in [5, 5.41) is 0.454.